The highest BCUT2D eigenvalue weighted by molar-refractivity contribution is 5.56. The van der Waals surface area contributed by atoms with Gasteiger partial charge in [-0.15, -0.1) is 0 Å². The summed E-state index contributed by atoms with van der Waals surface area (Å²) in [7, 11) is 0. The maximum absolute atomic E-state index is 13.5. The molecule has 1 N–H and O–H groups in total. The van der Waals surface area contributed by atoms with Gasteiger partial charge in [0.05, 0.1) is 0 Å². The first kappa shape index (κ1) is 12.0. The van der Waals surface area contributed by atoms with Crippen LogP contribution in [-0.2, 0) is 0 Å². The third-order valence-corrected chi connectivity index (χ3v) is 4.12. The summed E-state index contributed by atoms with van der Waals surface area (Å²) in [5.74, 6) is -0.111. The van der Waals surface area contributed by atoms with Gasteiger partial charge in [0, 0.05) is 24.8 Å². The average Bonchev–Trinajstić information content (AvgIpc) is 2.93. The molecule has 2 heterocycles. The minimum Gasteiger partial charge on any atom is -0.371 e. The number of piperidine rings is 1. The van der Waals surface area contributed by atoms with Gasteiger partial charge in [-0.05, 0) is 56.0 Å². The van der Waals surface area contributed by atoms with Crippen molar-refractivity contribution < 1.29 is 4.39 Å². The molecule has 1 aromatic carbocycles. The van der Waals surface area contributed by atoms with Crippen LogP contribution in [0.1, 0.15) is 43.7 Å². The maximum Gasteiger partial charge on any atom is 0.123 e. The van der Waals surface area contributed by atoms with Gasteiger partial charge >= 0.3 is 0 Å². The molecule has 0 bridgehead atoms. The van der Waals surface area contributed by atoms with Crippen molar-refractivity contribution in [2.45, 2.75) is 38.1 Å². The molecule has 2 aliphatic heterocycles. The molecule has 0 spiro atoms. The molecule has 0 radical (unpaired) electrons. The third-order valence-electron chi connectivity index (χ3n) is 4.12. The Kier molecular flexibility index (Phi) is 3.50. The summed E-state index contributed by atoms with van der Waals surface area (Å²) in [6, 6.07) is 5.63. The van der Waals surface area contributed by atoms with E-state index in [1.807, 2.05) is 6.07 Å². The topological polar surface area (TPSA) is 15.3 Å². The van der Waals surface area contributed by atoms with E-state index in [-0.39, 0.29) is 5.82 Å². The van der Waals surface area contributed by atoms with Crippen molar-refractivity contribution in [1.29, 1.82) is 0 Å². The Bertz CT molecular complexity index is 407. The number of halogens is 1. The molecule has 2 aliphatic rings. The summed E-state index contributed by atoms with van der Waals surface area (Å²) >= 11 is 0. The second kappa shape index (κ2) is 5.27. The number of rotatable bonds is 2. The monoisotopic (exact) mass is 248 g/mol. The van der Waals surface area contributed by atoms with Crippen LogP contribution >= 0.6 is 0 Å². The second-order valence-corrected chi connectivity index (χ2v) is 5.40. The zero-order valence-electron chi connectivity index (χ0n) is 10.8. The number of hydrogen-bond acceptors (Lipinski definition) is 2. The lowest BCUT2D eigenvalue weighted by Gasteiger charge is -2.29. The van der Waals surface area contributed by atoms with E-state index >= 15 is 0 Å². The molecule has 0 amide bonds. The lowest BCUT2D eigenvalue weighted by molar-refractivity contribution is 0.411. The van der Waals surface area contributed by atoms with Crippen LogP contribution < -0.4 is 10.2 Å². The van der Waals surface area contributed by atoms with Crippen molar-refractivity contribution in [3.05, 3.63) is 29.6 Å². The Balaban J connectivity index is 1.91. The fourth-order valence-electron chi connectivity index (χ4n) is 3.17. The summed E-state index contributed by atoms with van der Waals surface area (Å²) in [6.45, 7) is 3.29. The van der Waals surface area contributed by atoms with Gasteiger partial charge in [0.2, 0.25) is 0 Å². The normalized spacial score (nSPS) is 24.5. The molecule has 0 saturated carbocycles. The zero-order valence-corrected chi connectivity index (χ0v) is 10.8. The smallest absolute Gasteiger partial charge is 0.123 e. The summed E-state index contributed by atoms with van der Waals surface area (Å²) < 4.78 is 13.5. The van der Waals surface area contributed by atoms with Crippen molar-refractivity contribution in [2.75, 3.05) is 24.5 Å². The van der Waals surface area contributed by atoms with E-state index in [1.54, 1.807) is 12.1 Å². The molecule has 1 unspecified atom stereocenters. The van der Waals surface area contributed by atoms with Crippen LogP contribution in [0, 0.1) is 5.82 Å². The number of hydrogen-bond donors (Lipinski definition) is 1. The Morgan fingerprint density at radius 3 is 2.67 bits per heavy atom. The first-order valence-electron chi connectivity index (χ1n) is 7.12. The molecule has 0 aliphatic carbocycles. The molecule has 0 aromatic heterocycles. The van der Waals surface area contributed by atoms with Crippen LogP contribution in [-0.4, -0.2) is 19.6 Å². The molecular formula is C15H21FN2. The van der Waals surface area contributed by atoms with Gasteiger partial charge < -0.3 is 10.2 Å². The van der Waals surface area contributed by atoms with Gasteiger partial charge in [-0.2, -0.15) is 0 Å². The molecular weight excluding hydrogens is 227 g/mol. The Hall–Kier alpha value is -1.09. The Morgan fingerprint density at radius 1 is 1.11 bits per heavy atom. The van der Waals surface area contributed by atoms with Gasteiger partial charge in [0.1, 0.15) is 5.82 Å². The lowest BCUT2D eigenvalue weighted by atomic mass is 9.95. The molecule has 18 heavy (non-hydrogen) atoms. The predicted molar refractivity (Wildman–Crippen MR) is 72.4 cm³/mol. The molecule has 98 valence electrons. The fraction of sp³-hybridized carbons (Fsp3) is 0.600. The molecule has 2 nitrogen and oxygen atoms in total. The second-order valence-electron chi connectivity index (χ2n) is 5.40. The standard InChI is InChI=1S/C15H21FN2/c16-12-6-7-15(18-9-3-4-10-18)13(11-12)14-5-1-2-8-17-14/h6-7,11,14,17H,1-5,8-10H2. The Labute approximate surface area is 108 Å². The van der Waals surface area contributed by atoms with Crippen LogP contribution in [0.15, 0.2) is 18.2 Å². The predicted octanol–water partition coefficient (Wildman–Crippen LogP) is 3.24. The van der Waals surface area contributed by atoms with Crippen molar-refractivity contribution in [3.8, 4) is 0 Å². The molecule has 1 aromatic rings. The molecule has 3 rings (SSSR count). The summed E-state index contributed by atoms with van der Waals surface area (Å²) in [5.41, 5.74) is 2.41. The molecule has 2 fully saturated rings. The molecule has 3 heteroatoms. The summed E-state index contributed by atoms with van der Waals surface area (Å²) in [4.78, 5) is 2.41. The first-order chi connectivity index (χ1) is 8.84. The quantitative estimate of drug-likeness (QED) is 0.864. The van der Waals surface area contributed by atoms with E-state index in [0.717, 1.165) is 31.6 Å². The average molecular weight is 248 g/mol. The van der Waals surface area contributed by atoms with Crippen LogP contribution in [0.3, 0.4) is 0 Å². The highest BCUT2D eigenvalue weighted by Crippen LogP contribution is 2.33. The van der Waals surface area contributed by atoms with E-state index in [1.165, 1.54) is 31.4 Å². The van der Waals surface area contributed by atoms with Crippen LogP contribution in [0.25, 0.3) is 0 Å². The molecule has 2 saturated heterocycles. The van der Waals surface area contributed by atoms with Gasteiger partial charge in [-0.3, -0.25) is 0 Å². The van der Waals surface area contributed by atoms with Gasteiger partial charge in [0.15, 0.2) is 0 Å². The van der Waals surface area contributed by atoms with E-state index in [4.69, 9.17) is 0 Å². The highest BCUT2D eigenvalue weighted by Gasteiger charge is 2.22. The maximum atomic E-state index is 13.5. The zero-order chi connectivity index (χ0) is 12.4. The SMILES string of the molecule is Fc1ccc(N2CCCC2)c(C2CCCCN2)c1. The van der Waals surface area contributed by atoms with Crippen LogP contribution in [0.5, 0.6) is 0 Å². The third kappa shape index (κ3) is 2.37. The molecule has 1 atom stereocenters. The van der Waals surface area contributed by atoms with Gasteiger partial charge in [-0.1, -0.05) is 6.42 Å². The van der Waals surface area contributed by atoms with Crippen molar-refractivity contribution in [3.63, 3.8) is 0 Å². The number of nitrogens with zero attached hydrogens (tertiary/aromatic N) is 1. The van der Waals surface area contributed by atoms with Gasteiger partial charge in [0.25, 0.3) is 0 Å². The first-order valence-corrected chi connectivity index (χ1v) is 7.12. The minimum absolute atomic E-state index is 0.111. The minimum atomic E-state index is -0.111. The largest absolute Gasteiger partial charge is 0.371 e. The van der Waals surface area contributed by atoms with Crippen molar-refractivity contribution in [1.82, 2.24) is 5.32 Å². The summed E-state index contributed by atoms with van der Waals surface area (Å²) in [6.07, 6.45) is 6.13. The highest BCUT2D eigenvalue weighted by atomic mass is 19.1. The number of benzene rings is 1. The van der Waals surface area contributed by atoms with Crippen LogP contribution in [0.2, 0.25) is 0 Å². The van der Waals surface area contributed by atoms with Gasteiger partial charge in [-0.25, -0.2) is 4.39 Å². The van der Waals surface area contributed by atoms with Crippen molar-refractivity contribution in [2.24, 2.45) is 0 Å². The Morgan fingerprint density at radius 2 is 1.94 bits per heavy atom. The fourth-order valence-corrected chi connectivity index (χ4v) is 3.17. The van der Waals surface area contributed by atoms with E-state index in [2.05, 4.69) is 10.2 Å². The van der Waals surface area contributed by atoms with E-state index in [0.29, 0.717) is 6.04 Å². The van der Waals surface area contributed by atoms with E-state index in [9.17, 15) is 4.39 Å². The summed E-state index contributed by atoms with van der Waals surface area (Å²) in [5, 5.41) is 3.53. The van der Waals surface area contributed by atoms with Crippen molar-refractivity contribution >= 4 is 5.69 Å². The van der Waals surface area contributed by atoms with Crippen LogP contribution in [0.4, 0.5) is 10.1 Å². The lowest BCUT2D eigenvalue weighted by Crippen LogP contribution is -2.29. The number of nitrogens with one attached hydrogen (secondary N) is 1. The number of anilines is 1. The van der Waals surface area contributed by atoms with E-state index < -0.39 is 0 Å².